The Morgan fingerprint density at radius 1 is 1.25 bits per heavy atom. The van der Waals surface area contributed by atoms with Crippen molar-refractivity contribution in [2.45, 2.75) is 18.6 Å². The van der Waals surface area contributed by atoms with Crippen LogP contribution in [-0.4, -0.2) is 47.6 Å². The van der Waals surface area contributed by atoms with E-state index < -0.39 is 18.2 Å². The Labute approximate surface area is 139 Å². The number of hydrogen-bond acceptors (Lipinski definition) is 4. The third kappa shape index (κ3) is 3.13. The number of esters is 1. The van der Waals surface area contributed by atoms with E-state index in [-0.39, 0.29) is 18.9 Å². The number of ether oxygens (including phenoxy) is 1. The Bertz CT molecular complexity index is 751. The molecule has 5 nitrogen and oxygen atoms in total. The number of benzene rings is 1. The molecule has 1 aliphatic heterocycles. The number of carbonyl (C=O) groups excluding carboxylic acids is 2. The first-order valence-corrected chi connectivity index (χ1v) is 7.63. The summed E-state index contributed by atoms with van der Waals surface area (Å²) >= 11 is 0. The Balaban J connectivity index is 1.88. The summed E-state index contributed by atoms with van der Waals surface area (Å²) in [7, 11) is 1.24. The molecule has 124 valence electrons. The van der Waals surface area contributed by atoms with Crippen molar-refractivity contribution in [1.82, 2.24) is 9.88 Å². The number of pyridine rings is 1. The summed E-state index contributed by atoms with van der Waals surface area (Å²) in [6.07, 6.45) is 2.12. The molecular formula is C18H17FN2O3. The fourth-order valence-electron chi connectivity index (χ4n) is 2.90. The summed E-state index contributed by atoms with van der Waals surface area (Å²) in [5, 5.41) is 0. The largest absolute Gasteiger partial charge is 0.467 e. The van der Waals surface area contributed by atoms with E-state index in [1.54, 1.807) is 30.6 Å². The van der Waals surface area contributed by atoms with Gasteiger partial charge in [-0.05, 0) is 23.8 Å². The normalized spacial score (nSPS) is 20.0. The van der Waals surface area contributed by atoms with Crippen LogP contribution in [0.2, 0.25) is 0 Å². The predicted octanol–water partition coefficient (Wildman–Crippen LogP) is 2.47. The summed E-state index contributed by atoms with van der Waals surface area (Å²) < 4.78 is 18.4. The molecule has 0 bridgehead atoms. The number of alkyl halides is 1. The van der Waals surface area contributed by atoms with Gasteiger partial charge in [-0.25, -0.2) is 9.18 Å². The maximum atomic E-state index is 13.7. The molecule has 0 aliphatic carbocycles. The number of carbonyl (C=O) groups is 2. The quantitative estimate of drug-likeness (QED) is 0.812. The first-order chi connectivity index (χ1) is 11.6. The van der Waals surface area contributed by atoms with Crippen molar-refractivity contribution >= 4 is 11.9 Å². The number of likely N-dealkylation sites (tertiary alicyclic amines) is 1. The highest BCUT2D eigenvalue weighted by Gasteiger charge is 2.40. The topological polar surface area (TPSA) is 59.5 Å². The molecule has 1 saturated heterocycles. The highest BCUT2D eigenvalue weighted by Crippen LogP contribution is 2.25. The molecule has 0 unspecified atom stereocenters. The fraction of sp³-hybridized carbons (Fsp3) is 0.278. The number of aromatic nitrogens is 1. The number of hydrogen-bond donors (Lipinski definition) is 0. The van der Waals surface area contributed by atoms with Crippen LogP contribution in [0.15, 0.2) is 48.8 Å². The second-order valence-corrected chi connectivity index (χ2v) is 5.65. The van der Waals surface area contributed by atoms with Gasteiger partial charge in [0.1, 0.15) is 12.2 Å². The average molecular weight is 328 g/mol. The van der Waals surface area contributed by atoms with Crippen molar-refractivity contribution in [3.8, 4) is 11.1 Å². The smallest absolute Gasteiger partial charge is 0.328 e. The van der Waals surface area contributed by atoms with E-state index in [4.69, 9.17) is 0 Å². The van der Waals surface area contributed by atoms with E-state index in [2.05, 4.69) is 9.72 Å². The number of nitrogens with zero attached hydrogens (tertiary/aromatic N) is 2. The van der Waals surface area contributed by atoms with E-state index in [9.17, 15) is 14.0 Å². The van der Waals surface area contributed by atoms with E-state index in [0.29, 0.717) is 5.56 Å². The second-order valence-electron chi connectivity index (χ2n) is 5.65. The van der Waals surface area contributed by atoms with Crippen LogP contribution < -0.4 is 0 Å². The fourth-order valence-corrected chi connectivity index (χ4v) is 2.90. The lowest BCUT2D eigenvalue weighted by Gasteiger charge is -2.22. The standard InChI is InChI=1S/C18H17FN2O3/c1-24-18(23)16-9-15(19)11-21(16)17(22)13-5-2-4-12(8-13)14-6-3-7-20-10-14/h2-8,10,15-16H,9,11H2,1H3/t15-,16+/m1/s1. The lowest BCUT2D eigenvalue weighted by Crippen LogP contribution is -2.41. The van der Waals surface area contributed by atoms with Gasteiger partial charge in [0.15, 0.2) is 0 Å². The molecule has 0 spiro atoms. The summed E-state index contributed by atoms with van der Waals surface area (Å²) in [5.74, 6) is -0.969. The summed E-state index contributed by atoms with van der Waals surface area (Å²) in [5.41, 5.74) is 2.11. The lowest BCUT2D eigenvalue weighted by atomic mass is 10.0. The van der Waals surface area contributed by atoms with Crippen LogP contribution in [-0.2, 0) is 9.53 Å². The molecule has 24 heavy (non-hydrogen) atoms. The molecule has 1 aromatic carbocycles. The van der Waals surface area contributed by atoms with Crippen LogP contribution in [0.1, 0.15) is 16.8 Å². The molecular weight excluding hydrogens is 311 g/mol. The first kappa shape index (κ1) is 16.1. The van der Waals surface area contributed by atoms with Crippen molar-refractivity contribution in [2.75, 3.05) is 13.7 Å². The number of rotatable bonds is 3. The van der Waals surface area contributed by atoms with Gasteiger partial charge in [0, 0.05) is 29.9 Å². The van der Waals surface area contributed by atoms with Gasteiger partial charge in [0.05, 0.1) is 13.7 Å². The maximum Gasteiger partial charge on any atom is 0.328 e. The van der Waals surface area contributed by atoms with Gasteiger partial charge in [0.25, 0.3) is 5.91 Å². The zero-order chi connectivity index (χ0) is 17.1. The Hall–Kier alpha value is -2.76. The number of amides is 1. The van der Waals surface area contributed by atoms with Crippen molar-refractivity contribution in [1.29, 1.82) is 0 Å². The lowest BCUT2D eigenvalue weighted by molar-refractivity contribution is -0.145. The highest BCUT2D eigenvalue weighted by atomic mass is 19.1. The van der Waals surface area contributed by atoms with Crippen molar-refractivity contribution < 1.29 is 18.7 Å². The van der Waals surface area contributed by atoms with Gasteiger partial charge in [0.2, 0.25) is 0 Å². The molecule has 2 heterocycles. The van der Waals surface area contributed by atoms with Crippen LogP contribution >= 0.6 is 0 Å². The molecule has 1 aliphatic rings. The molecule has 2 atom stereocenters. The van der Waals surface area contributed by atoms with Crippen molar-refractivity contribution in [2.24, 2.45) is 0 Å². The van der Waals surface area contributed by atoms with Crippen LogP contribution in [0.5, 0.6) is 0 Å². The molecule has 2 aromatic rings. The van der Waals surface area contributed by atoms with E-state index in [1.165, 1.54) is 12.0 Å². The van der Waals surface area contributed by atoms with Crippen LogP contribution in [0, 0.1) is 0 Å². The van der Waals surface area contributed by atoms with Crippen LogP contribution in [0.3, 0.4) is 0 Å². The van der Waals surface area contributed by atoms with E-state index >= 15 is 0 Å². The van der Waals surface area contributed by atoms with Gasteiger partial charge >= 0.3 is 5.97 Å². The molecule has 1 fully saturated rings. The minimum atomic E-state index is -1.22. The molecule has 1 aromatic heterocycles. The minimum Gasteiger partial charge on any atom is -0.467 e. The van der Waals surface area contributed by atoms with Gasteiger partial charge in [-0.2, -0.15) is 0 Å². The third-order valence-corrected chi connectivity index (χ3v) is 4.09. The Morgan fingerprint density at radius 3 is 2.75 bits per heavy atom. The van der Waals surface area contributed by atoms with E-state index in [0.717, 1.165) is 11.1 Å². The first-order valence-electron chi connectivity index (χ1n) is 7.63. The predicted molar refractivity (Wildman–Crippen MR) is 86.0 cm³/mol. The SMILES string of the molecule is COC(=O)[C@@H]1C[C@@H](F)CN1C(=O)c1cccc(-c2cccnc2)c1. The monoisotopic (exact) mass is 328 g/mol. The highest BCUT2D eigenvalue weighted by molar-refractivity contribution is 5.98. The molecule has 3 rings (SSSR count). The minimum absolute atomic E-state index is 0.0271. The Morgan fingerprint density at radius 2 is 2.04 bits per heavy atom. The number of halogens is 1. The molecule has 0 radical (unpaired) electrons. The van der Waals surface area contributed by atoms with Gasteiger partial charge in [-0.15, -0.1) is 0 Å². The molecule has 0 N–H and O–H groups in total. The zero-order valence-electron chi connectivity index (χ0n) is 13.2. The second kappa shape index (κ2) is 6.78. The van der Waals surface area contributed by atoms with Crippen LogP contribution in [0.25, 0.3) is 11.1 Å². The van der Waals surface area contributed by atoms with E-state index in [1.807, 2.05) is 18.2 Å². The number of methoxy groups -OCH3 is 1. The maximum absolute atomic E-state index is 13.7. The third-order valence-electron chi connectivity index (χ3n) is 4.09. The Kier molecular flexibility index (Phi) is 4.55. The molecule has 6 heteroatoms. The summed E-state index contributed by atoms with van der Waals surface area (Å²) in [6.45, 7) is -0.101. The van der Waals surface area contributed by atoms with Gasteiger partial charge in [-0.1, -0.05) is 18.2 Å². The average Bonchev–Trinajstić information content (AvgIpc) is 3.03. The summed E-state index contributed by atoms with van der Waals surface area (Å²) in [6, 6.07) is 9.83. The van der Waals surface area contributed by atoms with Gasteiger partial charge < -0.3 is 9.64 Å². The van der Waals surface area contributed by atoms with Crippen molar-refractivity contribution in [3.05, 3.63) is 54.4 Å². The zero-order valence-corrected chi connectivity index (χ0v) is 13.2. The summed E-state index contributed by atoms with van der Waals surface area (Å²) in [4.78, 5) is 29.9. The molecule has 1 amide bonds. The van der Waals surface area contributed by atoms with Crippen molar-refractivity contribution in [3.63, 3.8) is 0 Å². The van der Waals surface area contributed by atoms with Crippen LogP contribution in [0.4, 0.5) is 4.39 Å². The molecule has 0 saturated carbocycles. The van der Waals surface area contributed by atoms with Gasteiger partial charge in [-0.3, -0.25) is 9.78 Å².